The predicted molar refractivity (Wildman–Crippen MR) is 84.7 cm³/mol. The molecule has 1 aromatic carbocycles. The van der Waals surface area contributed by atoms with Crippen LogP contribution >= 0.6 is 0 Å². The number of esters is 1. The van der Waals surface area contributed by atoms with Gasteiger partial charge in [0.15, 0.2) is 0 Å². The van der Waals surface area contributed by atoms with Crippen molar-refractivity contribution in [1.82, 2.24) is 5.32 Å². The van der Waals surface area contributed by atoms with Gasteiger partial charge in [0.05, 0.1) is 6.54 Å². The molecule has 2 N–H and O–H groups in total. The van der Waals surface area contributed by atoms with E-state index >= 15 is 0 Å². The molecule has 0 fully saturated rings. The number of nitrogens with one attached hydrogen (secondary N) is 1. The summed E-state index contributed by atoms with van der Waals surface area (Å²) in [6.07, 6.45) is -0.608. The van der Waals surface area contributed by atoms with Crippen LogP contribution in [-0.4, -0.2) is 43.7 Å². The Morgan fingerprint density at radius 2 is 1.75 bits per heavy atom. The average molecular weight is 341 g/mol. The Morgan fingerprint density at radius 1 is 1.08 bits per heavy atom. The number of hydrogen-bond donors (Lipinski definition) is 2. The minimum atomic E-state index is -0.800. The van der Waals surface area contributed by atoms with E-state index in [0.29, 0.717) is 5.75 Å². The van der Waals surface area contributed by atoms with E-state index in [1.165, 1.54) is 6.92 Å². The molecule has 0 bridgehead atoms. The lowest BCUT2D eigenvalue weighted by molar-refractivity contribution is -0.318. The number of benzene rings is 1. The van der Waals surface area contributed by atoms with Gasteiger partial charge >= 0.3 is 12.1 Å². The zero-order valence-corrected chi connectivity index (χ0v) is 14.0. The van der Waals surface area contributed by atoms with Gasteiger partial charge in [-0.2, -0.15) is 0 Å². The van der Waals surface area contributed by atoms with Gasteiger partial charge in [-0.1, -0.05) is 12.1 Å². The van der Waals surface area contributed by atoms with Gasteiger partial charge in [-0.3, -0.25) is 10.1 Å². The first kappa shape index (κ1) is 19.7. The summed E-state index contributed by atoms with van der Waals surface area (Å²) in [5.41, 5.74) is -0.00740. The third-order valence-corrected chi connectivity index (χ3v) is 3.04. The third-order valence-electron chi connectivity index (χ3n) is 3.04. The van der Waals surface area contributed by atoms with Crippen molar-refractivity contribution in [2.24, 2.45) is 0 Å². The smallest absolute Gasteiger partial charge is 0.407 e. The van der Waals surface area contributed by atoms with E-state index in [0.717, 1.165) is 5.56 Å². The van der Waals surface area contributed by atoms with Crippen molar-refractivity contribution in [1.29, 1.82) is 0 Å². The topological polar surface area (TPSA) is 103 Å². The van der Waals surface area contributed by atoms with E-state index in [1.807, 2.05) is 0 Å². The first-order valence-electron chi connectivity index (χ1n) is 7.45. The molecule has 1 rings (SSSR count). The summed E-state index contributed by atoms with van der Waals surface area (Å²) in [6, 6.07) is 7.01. The fourth-order valence-electron chi connectivity index (χ4n) is 1.70. The van der Waals surface area contributed by atoms with E-state index < -0.39 is 17.7 Å². The number of carbonyl (C=O) groups is 2. The summed E-state index contributed by atoms with van der Waals surface area (Å²) in [4.78, 5) is 26.3. The summed E-state index contributed by atoms with van der Waals surface area (Å²) in [7, 11) is 0. The Hall–Kier alpha value is -2.32. The zero-order valence-electron chi connectivity index (χ0n) is 14.0. The van der Waals surface area contributed by atoms with Crippen LogP contribution in [0.1, 0.15) is 26.3 Å². The van der Waals surface area contributed by atoms with E-state index in [-0.39, 0.29) is 26.4 Å². The Morgan fingerprint density at radius 3 is 2.33 bits per heavy atom. The van der Waals surface area contributed by atoms with E-state index in [1.54, 1.807) is 38.1 Å². The van der Waals surface area contributed by atoms with Crippen molar-refractivity contribution in [2.45, 2.75) is 26.4 Å². The van der Waals surface area contributed by atoms with Crippen LogP contribution in [0.3, 0.4) is 0 Å². The highest BCUT2D eigenvalue weighted by atomic mass is 17.1. The van der Waals surface area contributed by atoms with Crippen LogP contribution in [-0.2, 0) is 24.8 Å². The van der Waals surface area contributed by atoms with Crippen molar-refractivity contribution in [2.75, 3.05) is 26.4 Å². The van der Waals surface area contributed by atoms with E-state index in [2.05, 4.69) is 14.9 Å². The third kappa shape index (κ3) is 7.30. The van der Waals surface area contributed by atoms with Gasteiger partial charge < -0.3 is 19.5 Å². The second kappa shape index (κ2) is 9.74. The Labute approximate surface area is 140 Å². The first-order chi connectivity index (χ1) is 11.3. The largest absolute Gasteiger partial charge is 0.490 e. The summed E-state index contributed by atoms with van der Waals surface area (Å²) < 4.78 is 15.0. The van der Waals surface area contributed by atoms with E-state index in [9.17, 15) is 9.59 Å². The number of alkyl carbamates (subject to hydrolysis) is 1. The van der Waals surface area contributed by atoms with Crippen molar-refractivity contribution >= 4 is 12.1 Å². The Bertz CT molecular complexity index is 528. The molecule has 8 heteroatoms. The molecule has 24 heavy (non-hydrogen) atoms. The van der Waals surface area contributed by atoms with Crippen LogP contribution < -0.4 is 10.1 Å². The molecule has 0 heterocycles. The second-order valence-electron chi connectivity index (χ2n) is 5.38. The number of amides is 1. The summed E-state index contributed by atoms with van der Waals surface area (Å²) in [6.45, 7) is 5.31. The highest BCUT2D eigenvalue weighted by Crippen LogP contribution is 2.25. The van der Waals surface area contributed by atoms with Crippen molar-refractivity contribution in [3.05, 3.63) is 29.8 Å². The molecule has 1 amide bonds. The molecule has 0 atom stereocenters. The van der Waals surface area contributed by atoms with Crippen LogP contribution in [0.4, 0.5) is 4.79 Å². The quantitative estimate of drug-likeness (QED) is 0.307. The number of hydrogen-bond acceptors (Lipinski definition) is 7. The minimum Gasteiger partial charge on any atom is -0.490 e. The number of rotatable bonds is 9. The Balaban J connectivity index is 2.21. The lowest BCUT2D eigenvalue weighted by Gasteiger charge is -2.21. The maximum atomic E-state index is 11.3. The Kier molecular flexibility index (Phi) is 8.00. The normalized spacial score (nSPS) is 10.8. The average Bonchev–Trinajstić information content (AvgIpc) is 2.56. The highest BCUT2D eigenvalue weighted by molar-refractivity contribution is 5.67. The molecule has 8 nitrogen and oxygen atoms in total. The van der Waals surface area contributed by atoms with Crippen LogP contribution in [0.25, 0.3) is 0 Å². The number of ether oxygens (including phenoxy) is 3. The molecule has 0 spiro atoms. The molecule has 0 aliphatic heterocycles. The summed E-state index contributed by atoms with van der Waals surface area (Å²) >= 11 is 0. The number of carbonyl (C=O) groups excluding carboxylic acids is 2. The molecule has 0 saturated carbocycles. The van der Waals surface area contributed by atoms with Gasteiger partial charge in [0.25, 0.3) is 0 Å². The monoisotopic (exact) mass is 341 g/mol. The van der Waals surface area contributed by atoms with Crippen LogP contribution in [0.2, 0.25) is 0 Å². The highest BCUT2D eigenvalue weighted by Gasteiger charge is 2.21. The van der Waals surface area contributed by atoms with Crippen LogP contribution in [0.5, 0.6) is 5.75 Å². The van der Waals surface area contributed by atoms with Gasteiger partial charge in [-0.05, 0) is 31.5 Å². The molecule has 0 radical (unpaired) electrons. The molecule has 0 aliphatic carbocycles. The maximum Gasteiger partial charge on any atom is 0.407 e. The fourth-order valence-corrected chi connectivity index (χ4v) is 1.70. The van der Waals surface area contributed by atoms with Gasteiger partial charge in [-0.25, -0.2) is 9.68 Å². The lowest BCUT2D eigenvalue weighted by Crippen LogP contribution is -2.29. The van der Waals surface area contributed by atoms with E-state index in [4.69, 9.17) is 14.7 Å². The molecular weight excluding hydrogens is 318 g/mol. The van der Waals surface area contributed by atoms with Gasteiger partial charge in [-0.15, -0.1) is 0 Å². The molecule has 0 aromatic heterocycles. The SMILES string of the molecule is CC(=O)OCCNC(=O)OCCOc1ccc(C(C)(C)OO)cc1. The standard InChI is InChI=1S/C16H23NO7/c1-12(18)21-9-8-17-15(19)23-11-10-22-14-6-4-13(5-7-14)16(2,3)24-20/h4-7,20H,8-11H2,1-3H3,(H,17,19). The first-order valence-corrected chi connectivity index (χ1v) is 7.45. The maximum absolute atomic E-state index is 11.3. The van der Waals surface area contributed by atoms with Crippen LogP contribution in [0.15, 0.2) is 24.3 Å². The van der Waals surface area contributed by atoms with Crippen molar-refractivity contribution in [3.63, 3.8) is 0 Å². The van der Waals surface area contributed by atoms with Crippen LogP contribution in [0, 0.1) is 0 Å². The predicted octanol–water partition coefficient (Wildman–Crippen LogP) is 2.08. The molecule has 0 aliphatic rings. The molecule has 0 unspecified atom stereocenters. The second-order valence-corrected chi connectivity index (χ2v) is 5.38. The summed E-state index contributed by atoms with van der Waals surface area (Å²) in [5, 5.41) is 11.3. The summed E-state index contributed by atoms with van der Waals surface area (Å²) in [5.74, 6) is 0.199. The molecule has 0 saturated heterocycles. The van der Waals surface area contributed by atoms with Gasteiger partial charge in [0.1, 0.15) is 31.2 Å². The lowest BCUT2D eigenvalue weighted by atomic mass is 9.98. The molecular formula is C16H23NO7. The van der Waals surface area contributed by atoms with Crippen molar-refractivity contribution in [3.8, 4) is 5.75 Å². The molecule has 1 aromatic rings. The fraction of sp³-hybridized carbons (Fsp3) is 0.500. The molecule has 134 valence electrons. The zero-order chi connectivity index (χ0) is 18.0. The van der Waals surface area contributed by atoms with Gasteiger partial charge in [0.2, 0.25) is 0 Å². The van der Waals surface area contributed by atoms with Crippen molar-refractivity contribution < 1.29 is 33.9 Å². The van der Waals surface area contributed by atoms with Gasteiger partial charge in [0, 0.05) is 6.92 Å². The minimum absolute atomic E-state index is 0.0758.